The molecule has 3 N–H and O–H groups in total. The Bertz CT molecular complexity index is 973. The van der Waals surface area contributed by atoms with Crippen molar-refractivity contribution in [3.05, 3.63) is 58.7 Å². The summed E-state index contributed by atoms with van der Waals surface area (Å²) in [5, 5.41) is 20.1. The van der Waals surface area contributed by atoms with Gasteiger partial charge in [-0.15, -0.1) is 0 Å². The number of likely N-dealkylation sites (tertiary alicyclic amines) is 2. The van der Waals surface area contributed by atoms with Gasteiger partial charge in [-0.2, -0.15) is 0 Å². The maximum Gasteiger partial charge on any atom is 0.240 e. The van der Waals surface area contributed by atoms with Crippen molar-refractivity contribution < 1.29 is 18.6 Å². The van der Waals surface area contributed by atoms with Crippen LogP contribution in [0.1, 0.15) is 47.9 Å². The van der Waals surface area contributed by atoms with E-state index in [9.17, 15) is 13.5 Å². The number of aliphatic hydroxyl groups is 1. The minimum Gasteiger partial charge on any atom is -0.507 e. The molecule has 2 fully saturated rings. The first-order valence-electron chi connectivity index (χ1n) is 11.4. The van der Waals surface area contributed by atoms with Crippen molar-refractivity contribution in [1.29, 1.82) is 0 Å². The number of nitrogens with zero attached hydrogens (tertiary/aromatic N) is 2. The summed E-state index contributed by atoms with van der Waals surface area (Å²) in [6.45, 7) is 5.52. The lowest BCUT2D eigenvalue weighted by atomic mass is 10.0. The highest BCUT2D eigenvalue weighted by Crippen LogP contribution is 2.29. The Morgan fingerprint density at radius 1 is 0.812 bits per heavy atom. The summed E-state index contributed by atoms with van der Waals surface area (Å²) in [5.74, 6) is 0.343. The van der Waals surface area contributed by atoms with Crippen LogP contribution in [-0.2, 0) is 36.3 Å². The molecule has 0 aromatic heterocycles. The molecule has 2 aromatic carbocycles. The monoisotopic (exact) mass is 459 g/mol. The predicted octanol–water partition coefficient (Wildman–Crippen LogP) is 2.55. The van der Waals surface area contributed by atoms with Gasteiger partial charge in [0, 0.05) is 30.8 Å². The third kappa shape index (κ3) is 5.68. The molecule has 0 saturated carbocycles. The fourth-order valence-corrected chi connectivity index (χ4v) is 5.59. The van der Waals surface area contributed by atoms with Crippen LogP contribution in [0.5, 0.6) is 5.75 Å². The normalized spacial score (nSPS) is 17.9. The molecule has 0 aliphatic carbocycles. The lowest BCUT2D eigenvalue weighted by Gasteiger charge is -2.21. The van der Waals surface area contributed by atoms with Gasteiger partial charge < -0.3 is 10.2 Å². The molecule has 2 aromatic rings. The number of aliphatic hydroxyl groups excluding tert-OH is 1. The van der Waals surface area contributed by atoms with Crippen LogP contribution in [0.4, 0.5) is 0 Å². The minimum atomic E-state index is -3.68. The molecular weight excluding hydrogens is 426 g/mol. The zero-order valence-corrected chi connectivity index (χ0v) is 19.3. The molecule has 0 spiro atoms. The van der Waals surface area contributed by atoms with E-state index in [1.165, 1.54) is 37.8 Å². The Labute approximate surface area is 190 Å². The van der Waals surface area contributed by atoms with Crippen molar-refractivity contribution >= 4 is 10.0 Å². The summed E-state index contributed by atoms with van der Waals surface area (Å²) in [5.41, 5.74) is 3.25. The Hall–Kier alpha value is -1.97. The van der Waals surface area contributed by atoms with Gasteiger partial charge in [-0.1, -0.05) is 12.1 Å². The molecule has 8 heteroatoms. The number of phenolic OH excluding ortho intramolecular Hbond substituents is 1. The molecular formula is C24H33N3O4S. The number of hydrogen-bond acceptors (Lipinski definition) is 6. The maximum atomic E-state index is 12.8. The number of benzene rings is 2. The summed E-state index contributed by atoms with van der Waals surface area (Å²) < 4.78 is 28.2. The number of rotatable bonds is 9. The average molecular weight is 460 g/mol. The highest BCUT2D eigenvalue weighted by atomic mass is 32.2. The van der Waals surface area contributed by atoms with Crippen LogP contribution >= 0.6 is 0 Å². The van der Waals surface area contributed by atoms with E-state index < -0.39 is 10.0 Å². The van der Waals surface area contributed by atoms with Crippen molar-refractivity contribution in [2.75, 3.05) is 26.2 Å². The van der Waals surface area contributed by atoms with Crippen molar-refractivity contribution in [2.45, 2.75) is 56.8 Å². The zero-order chi connectivity index (χ0) is 22.6. The second kappa shape index (κ2) is 10.3. The molecule has 32 heavy (non-hydrogen) atoms. The number of sulfonamides is 1. The van der Waals surface area contributed by atoms with Gasteiger partial charge in [-0.25, -0.2) is 13.1 Å². The van der Waals surface area contributed by atoms with Crippen molar-refractivity contribution in [3.63, 3.8) is 0 Å². The van der Waals surface area contributed by atoms with Crippen LogP contribution in [0.25, 0.3) is 0 Å². The molecule has 174 valence electrons. The van der Waals surface area contributed by atoms with Gasteiger partial charge in [-0.05, 0) is 87.3 Å². The topological polar surface area (TPSA) is 93.1 Å². The largest absolute Gasteiger partial charge is 0.507 e. The molecule has 2 heterocycles. The first-order valence-corrected chi connectivity index (χ1v) is 12.9. The molecule has 0 atom stereocenters. The lowest BCUT2D eigenvalue weighted by Crippen LogP contribution is -2.24. The van der Waals surface area contributed by atoms with Crippen molar-refractivity contribution in [3.8, 4) is 5.75 Å². The fourth-order valence-electron chi connectivity index (χ4n) is 4.57. The second-order valence-electron chi connectivity index (χ2n) is 8.86. The smallest absolute Gasteiger partial charge is 0.240 e. The first kappa shape index (κ1) is 23.2. The van der Waals surface area contributed by atoms with Crippen LogP contribution in [0.3, 0.4) is 0 Å². The van der Waals surface area contributed by atoms with Gasteiger partial charge >= 0.3 is 0 Å². The van der Waals surface area contributed by atoms with Crippen LogP contribution < -0.4 is 4.72 Å². The van der Waals surface area contributed by atoms with E-state index in [2.05, 4.69) is 14.5 Å². The Morgan fingerprint density at radius 2 is 1.31 bits per heavy atom. The third-order valence-electron chi connectivity index (χ3n) is 6.40. The summed E-state index contributed by atoms with van der Waals surface area (Å²) in [6.07, 6.45) is 4.71. The molecule has 0 bridgehead atoms. The zero-order valence-electron chi connectivity index (χ0n) is 18.5. The number of nitrogens with one attached hydrogen (secondary N) is 1. The molecule has 2 aliphatic heterocycles. The third-order valence-corrected chi connectivity index (χ3v) is 7.81. The quantitative estimate of drug-likeness (QED) is 0.534. The molecule has 7 nitrogen and oxygen atoms in total. The summed E-state index contributed by atoms with van der Waals surface area (Å²) in [4.78, 5) is 4.85. The summed E-state index contributed by atoms with van der Waals surface area (Å²) in [7, 11) is -3.68. The number of aromatic hydroxyl groups is 1. The Kier molecular flexibility index (Phi) is 7.48. The molecule has 0 radical (unpaired) electrons. The second-order valence-corrected chi connectivity index (χ2v) is 10.6. The van der Waals surface area contributed by atoms with Gasteiger partial charge in [0.05, 0.1) is 11.5 Å². The molecule has 2 saturated heterocycles. The standard InChI is InChI=1S/C24H33N3O4S/c28-18-19-5-7-23(8-6-19)32(30,31)25-15-20-13-21(16-26-9-1-2-10-26)24(29)22(14-20)17-27-11-3-4-12-27/h5-8,13-14,25,28-29H,1-4,9-12,15-18H2. The Balaban J connectivity index is 1.54. The van der Waals surface area contributed by atoms with E-state index in [1.807, 2.05) is 12.1 Å². The van der Waals surface area contributed by atoms with Gasteiger partial charge in [0.2, 0.25) is 10.0 Å². The van der Waals surface area contributed by atoms with E-state index in [0.29, 0.717) is 24.4 Å². The van der Waals surface area contributed by atoms with Crippen molar-refractivity contribution in [2.24, 2.45) is 0 Å². The number of hydrogen-bond donors (Lipinski definition) is 3. The Morgan fingerprint density at radius 3 is 1.78 bits per heavy atom. The SMILES string of the molecule is O=S(=O)(NCc1cc(CN2CCCC2)c(O)c(CN2CCCC2)c1)c1ccc(CO)cc1. The van der Waals surface area contributed by atoms with Crippen LogP contribution in [-0.4, -0.2) is 54.6 Å². The molecule has 0 amide bonds. The lowest BCUT2D eigenvalue weighted by molar-refractivity contribution is 0.282. The minimum absolute atomic E-state index is 0.124. The fraction of sp³-hybridized carbons (Fsp3) is 0.500. The van der Waals surface area contributed by atoms with E-state index in [-0.39, 0.29) is 18.0 Å². The molecule has 0 unspecified atom stereocenters. The average Bonchev–Trinajstić information content (AvgIpc) is 3.50. The van der Waals surface area contributed by atoms with Crippen LogP contribution in [0.15, 0.2) is 41.3 Å². The van der Waals surface area contributed by atoms with Crippen LogP contribution in [0.2, 0.25) is 0 Å². The summed E-state index contributed by atoms with van der Waals surface area (Å²) in [6, 6.07) is 10.1. The van der Waals surface area contributed by atoms with Gasteiger partial charge in [0.1, 0.15) is 5.75 Å². The first-order chi connectivity index (χ1) is 15.4. The maximum absolute atomic E-state index is 12.8. The highest BCUT2D eigenvalue weighted by molar-refractivity contribution is 7.89. The highest BCUT2D eigenvalue weighted by Gasteiger charge is 2.20. The number of phenols is 1. The van der Waals surface area contributed by atoms with E-state index in [4.69, 9.17) is 5.11 Å². The molecule has 4 rings (SSSR count). The van der Waals surface area contributed by atoms with Gasteiger partial charge in [-0.3, -0.25) is 9.80 Å². The summed E-state index contributed by atoms with van der Waals surface area (Å²) >= 11 is 0. The molecule has 2 aliphatic rings. The van der Waals surface area contributed by atoms with E-state index in [0.717, 1.165) is 42.9 Å². The van der Waals surface area contributed by atoms with Gasteiger partial charge in [0.15, 0.2) is 0 Å². The van der Waals surface area contributed by atoms with Crippen LogP contribution in [0, 0.1) is 0 Å². The van der Waals surface area contributed by atoms with Gasteiger partial charge in [0.25, 0.3) is 0 Å². The predicted molar refractivity (Wildman–Crippen MR) is 124 cm³/mol. The van der Waals surface area contributed by atoms with E-state index >= 15 is 0 Å². The van der Waals surface area contributed by atoms with Crippen molar-refractivity contribution in [1.82, 2.24) is 14.5 Å². The van der Waals surface area contributed by atoms with E-state index in [1.54, 1.807) is 12.1 Å².